The topological polar surface area (TPSA) is 57.5 Å². The normalized spacial score (nSPS) is 56.3. The van der Waals surface area contributed by atoms with Crippen LogP contribution in [0.25, 0.3) is 0 Å². The van der Waals surface area contributed by atoms with Gasteiger partial charge < -0.3 is 10.2 Å². The third-order valence-electron chi connectivity index (χ3n) is 7.92. The van der Waals surface area contributed by atoms with E-state index in [-0.39, 0.29) is 30.0 Å². The first-order valence-electron chi connectivity index (χ1n) is 9.14. The fourth-order valence-electron chi connectivity index (χ4n) is 6.55. The fraction of sp³-hybridized carbons (Fsp3) is 0.750. The predicted molar refractivity (Wildman–Crippen MR) is 88.9 cm³/mol. The van der Waals surface area contributed by atoms with Crippen molar-refractivity contribution >= 4 is 5.78 Å². The molecule has 4 aliphatic carbocycles. The number of hydrogen-bond donors (Lipinski definition) is 2. The Bertz CT molecular complexity index is 655. The maximum absolute atomic E-state index is 16.6. The number of carbonyl (C=O) groups excluding carboxylic acids is 1. The second-order valence-corrected chi connectivity index (χ2v) is 9.01. The van der Waals surface area contributed by atoms with E-state index in [1.807, 2.05) is 20.8 Å². The van der Waals surface area contributed by atoms with Crippen LogP contribution in [0.15, 0.2) is 23.8 Å². The minimum Gasteiger partial charge on any atom is -0.392 e. The highest BCUT2D eigenvalue weighted by Crippen LogP contribution is 2.68. The molecule has 0 radical (unpaired) electrons. The molecule has 0 unspecified atom stereocenters. The van der Waals surface area contributed by atoms with Crippen molar-refractivity contribution in [2.24, 2.45) is 28.6 Å². The van der Waals surface area contributed by atoms with Gasteiger partial charge in [-0.05, 0) is 62.0 Å². The third kappa shape index (κ3) is 1.71. The summed E-state index contributed by atoms with van der Waals surface area (Å²) >= 11 is 0. The molecule has 0 aromatic rings. The molecule has 4 aliphatic rings. The van der Waals surface area contributed by atoms with Gasteiger partial charge in [0.2, 0.25) is 0 Å². The van der Waals surface area contributed by atoms with Crippen molar-refractivity contribution < 1.29 is 19.4 Å². The summed E-state index contributed by atoms with van der Waals surface area (Å²) in [5.74, 6) is -0.182. The SMILES string of the molecule is C[C@H]1C[C@H]2[C@@H]3CCC4=CC(=O)C=C[C@]4(C)[C@@]3(F)[C@@H](O)C[C@]2(C)[C@H]1O. The van der Waals surface area contributed by atoms with Gasteiger partial charge in [-0.15, -0.1) is 0 Å². The number of alkyl halides is 1. The Kier molecular flexibility index (Phi) is 3.29. The van der Waals surface area contributed by atoms with Crippen LogP contribution in [0, 0.1) is 28.6 Å². The van der Waals surface area contributed by atoms with E-state index in [1.165, 1.54) is 6.08 Å². The summed E-state index contributed by atoms with van der Waals surface area (Å²) in [5.41, 5.74) is -2.32. The standard InChI is InChI=1S/C20H27FO3/c1-11-8-15-14-5-4-12-9-13(22)6-7-19(12,3)20(14,21)16(23)10-18(15,2)17(11)24/h6-7,9,11,14-17,23-24H,4-5,8,10H2,1-3H3/t11-,14-,15-,16-,17-,18-,19-,20-/m0/s1. The zero-order valence-electron chi connectivity index (χ0n) is 14.6. The number of fused-ring (bicyclic) bond motifs is 5. The Morgan fingerprint density at radius 2 is 1.96 bits per heavy atom. The van der Waals surface area contributed by atoms with Gasteiger partial charge in [-0.25, -0.2) is 4.39 Å². The molecule has 3 saturated carbocycles. The van der Waals surface area contributed by atoms with E-state index in [0.717, 1.165) is 12.0 Å². The van der Waals surface area contributed by atoms with Crippen molar-refractivity contribution in [1.29, 1.82) is 0 Å². The maximum atomic E-state index is 16.6. The van der Waals surface area contributed by atoms with E-state index < -0.39 is 28.7 Å². The van der Waals surface area contributed by atoms with E-state index in [4.69, 9.17) is 0 Å². The predicted octanol–water partition coefficient (Wildman–Crippen LogP) is 2.96. The monoisotopic (exact) mass is 334 g/mol. The van der Waals surface area contributed by atoms with Crippen LogP contribution in [0.2, 0.25) is 0 Å². The smallest absolute Gasteiger partial charge is 0.178 e. The number of rotatable bonds is 0. The first-order valence-corrected chi connectivity index (χ1v) is 9.14. The lowest BCUT2D eigenvalue weighted by molar-refractivity contribution is -0.201. The average molecular weight is 334 g/mol. The number of carbonyl (C=O) groups is 1. The Morgan fingerprint density at radius 3 is 2.67 bits per heavy atom. The number of hydrogen-bond acceptors (Lipinski definition) is 3. The van der Waals surface area contributed by atoms with Crippen molar-refractivity contribution in [3.63, 3.8) is 0 Å². The number of aliphatic hydroxyl groups excluding tert-OH is 2. The first-order chi connectivity index (χ1) is 11.1. The van der Waals surface area contributed by atoms with Crippen LogP contribution in [0.4, 0.5) is 4.39 Å². The number of allylic oxidation sites excluding steroid dienone is 4. The molecule has 4 heteroatoms. The molecule has 132 valence electrons. The number of ketones is 1. The van der Waals surface area contributed by atoms with Crippen LogP contribution in [0.3, 0.4) is 0 Å². The molecule has 3 fully saturated rings. The quantitative estimate of drug-likeness (QED) is 0.716. The summed E-state index contributed by atoms with van der Waals surface area (Å²) in [6.07, 6.45) is 5.47. The second-order valence-electron chi connectivity index (χ2n) is 9.01. The minimum atomic E-state index is -1.78. The van der Waals surface area contributed by atoms with Gasteiger partial charge in [0, 0.05) is 11.3 Å². The zero-order chi connectivity index (χ0) is 17.5. The molecular weight excluding hydrogens is 307 g/mol. The highest BCUT2D eigenvalue weighted by atomic mass is 19.1. The van der Waals surface area contributed by atoms with Crippen molar-refractivity contribution in [3.8, 4) is 0 Å². The lowest BCUT2D eigenvalue weighted by Gasteiger charge is -2.61. The lowest BCUT2D eigenvalue weighted by Crippen LogP contribution is -2.66. The molecule has 0 aromatic heterocycles. The van der Waals surface area contributed by atoms with Crippen LogP contribution in [-0.4, -0.2) is 33.9 Å². The van der Waals surface area contributed by atoms with Gasteiger partial charge in [0.05, 0.1) is 12.2 Å². The Balaban J connectivity index is 1.83. The van der Waals surface area contributed by atoms with Gasteiger partial charge in [-0.1, -0.05) is 25.5 Å². The molecule has 8 atom stereocenters. The molecule has 0 spiro atoms. The number of aliphatic hydroxyl groups is 2. The largest absolute Gasteiger partial charge is 0.392 e. The van der Waals surface area contributed by atoms with Crippen LogP contribution in [0.5, 0.6) is 0 Å². The van der Waals surface area contributed by atoms with Crippen molar-refractivity contribution in [3.05, 3.63) is 23.8 Å². The van der Waals surface area contributed by atoms with Crippen molar-refractivity contribution in [2.75, 3.05) is 0 Å². The lowest BCUT2D eigenvalue weighted by atomic mass is 9.46. The molecule has 0 aliphatic heterocycles. The van der Waals surface area contributed by atoms with E-state index in [1.54, 1.807) is 12.2 Å². The van der Waals surface area contributed by atoms with Crippen LogP contribution >= 0.6 is 0 Å². The van der Waals surface area contributed by atoms with E-state index in [0.29, 0.717) is 12.8 Å². The average Bonchev–Trinajstić information content (AvgIpc) is 2.74. The van der Waals surface area contributed by atoms with Gasteiger partial charge in [-0.3, -0.25) is 4.79 Å². The Morgan fingerprint density at radius 1 is 1.25 bits per heavy atom. The first kappa shape index (κ1) is 16.5. The van der Waals surface area contributed by atoms with Crippen molar-refractivity contribution in [1.82, 2.24) is 0 Å². The molecule has 4 rings (SSSR count). The molecular formula is C20H27FO3. The van der Waals surface area contributed by atoms with E-state index in [2.05, 4.69) is 0 Å². The molecule has 0 aromatic carbocycles. The Hall–Kier alpha value is -1.00. The molecule has 0 amide bonds. The van der Waals surface area contributed by atoms with Crippen LogP contribution in [0.1, 0.15) is 46.5 Å². The summed E-state index contributed by atoms with van der Waals surface area (Å²) in [6.45, 7) is 5.87. The molecule has 0 heterocycles. The van der Waals surface area contributed by atoms with Gasteiger partial charge >= 0.3 is 0 Å². The zero-order valence-corrected chi connectivity index (χ0v) is 14.6. The van der Waals surface area contributed by atoms with Crippen LogP contribution < -0.4 is 0 Å². The van der Waals surface area contributed by atoms with Gasteiger partial charge in [0.15, 0.2) is 11.5 Å². The molecule has 0 saturated heterocycles. The Labute approximate surface area is 142 Å². The summed E-state index contributed by atoms with van der Waals surface area (Å²) in [4.78, 5) is 11.7. The summed E-state index contributed by atoms with van der Waals surface area (Å²) < 4.78 is 16.6. The molecule has 24 heavy (non-hydrogen) atoms. The second kappa shape index (κ2) is 4.79. The summed E-state index contributed by atoms with van der Waals surface area (Å²) in [7, 11) is 0. The van der Waals surface area contributed by atoms with Gasteiger partial charge in [-0.2, -0.15) is 0 Å². The highest BCUT2D eigenvalue weighted by molar-refractivity contribution is 6.01. The van der Waals surface area contributed by atoms with E-state index >= 15 is 4.39 Å². The number of halogens is 1. The molecule has 2 N–H and O–H groups in total. The fourth-order valence-corrected chi connectivity index (χ4v) is 6.55. The molecule has 3 nitrogen and oxygen atoms in total. The highest BCUT2D eigenvalue weighted by Gasteiger charge is 2.70. The maximum Gasteiger partial charge on any atom is 0.178 e. The van der Waals surface area contributed by atoms with Gasteiger partial charge in [0.1, 0.15) is 0 Å². The van der Waals surface area contributed by atoms with E-state index in [9.17, 15) is 15.0 Å². The minimum absolute atomic E-state index is 0.0697. The van der Waals surface area contributed by atoms with Crippen LogP contribution in [-0.2, 0) is 4.79 Å². The summed E-state index contributed by atoms with van der Waals surface area (Å²) in [5, 5.41) is 21.6. The third-order valence-corrected chi connectivity index (χ3v) is 7.92. The molecule has 0 bridgehead atoms. The van der Waals surface area contributed by atoms with Gasteiger partial charge in [0.25, 0.3) is 0 Å². The summed E-state index contributed by atoms with van der Waals surface area (Å²) in [6, 6.07) is 0. The van der Waals surface area contributed by atoms with Crippen molar-refractivity contribution in [2.45, 2.75) is 64.3 Å².